The number of thioether (sulfide) groups is 1. The maximum Gasteiger partial charge on any atom is 0.191 e. The van der Waals surface area contributed by atoms with Crippen molar-refractivity contribution in [2.75, 3.05) is 5.73 Å². The highest BCUT2D eigenvalue weighted by molar-refractivity contribution is 7.99. The van der Waals surface area contributed by atoms with E-state index in [-0.39, 0.29) is 16.8 Å². The summed E-state index contributed by atoms with van der Waals surface area (Å²) in [6.45, 7) is 2.00. The highest BCUT2D eigenvalue weighted by Gasteiger charge is 2.14. The smallest absolute Gasteiger partial charge is 0.191 e. The SMILES string of the molecule is CC(Sc1nc(N)cc(C#N)n1)c1cc2c(Cl)csc2cn1. The van der Waals surface area contributed by atoms with Crippen LogP contribution in [0.3, 0.4) is 0 Å². The first-order chi connectivity index (χ1) is 10.6. The molecule has 110 valence electrons. The second kappa shape index (κ2) is 6.08. The van der Waals surface area contributed by atoms with Gasteiger partial charge >= 0.3 is 0 Å². The van der Waals surface area contributed by atoms with Crippen LogP contribution in [0.4, 0.5) is 5.82 Å². The second-order valence-corrected chi connectivity index (χ2v) is 7.15. The second-order valence-electron chi connectivity index (χ2n) is 4.52. The minimum absolute atomic E-state index is 0.00806. The van der Waals surface area contributed by atoms with Crippen LogP contribution in [0.5, 0.6) is 0 Å². The van der Waals surface area contributed by atoms with Crippen molar-refractivity contribution in [3.63, 3.8) is 0 Å². The van der Waals surface area contributed by atoms with E-state index in [0.717, 1.165) is 20.8 Å². The molecule has 5 nitrogen and oxygen atoms in total. The van der Waals surface area contributed by atoms with Gasteiger partial charge in [-0.05, 0) is 13.0 Å². The van der Waals surface area contributed by atoms with E-state index in [9.17, 15) is 0 Å². The molecule has 0 bridgehead atoms. The number of rotatable bonds is 3. The molecular weight excluding hydrogens is 338 g/mol. The van der Waals surface area contributed by atoms with Crippen LogP contribution in [0, 0.1) is 11.3 Å². The molecule has 3 heterocycles. The lowest BCUT2D eigenvalue weighted by Gasteiger charge is -2.10. The fourth-order valence-corrected chi connectivity index (χ4v) is 3.90. The van der Waals surface area contributed by atoms with Gasteiger partial charge in [0.1, 0.15) is 17.6 Å². The highest BCUT2D eigenvalue weighted by Crippen LogP contribution is 2.36. The number of nitrogen functional groups attached to an aromatic ring is 1. The van der Waals surface area contributed by atoms with E-state index in [2.05, 4.69) is 15.0 Å². The molecule has 3 rings (SSSR count). The zero-order chi connectivity index (χ0) is 15.7. The standard InChI is InChI=1S/C14H10ClN5S2/c1-7(22-14-19-8(4-16)2-13(17)20-14)11-3-9-10(15)6-21-12(9)5-18-11/h2-3,5-7H,1H3,(H2,17,19,20). The lowest BCUT2D eigenvalue weighted by molar-refractivity contribution is 0.937. The monoisotopic (exact) mass is 347 g/mol. The average Bonchev–Trinajstić information content (AvgIpc) is 2.87. The Balaban J connectivity index is 1.89. The van der Waals surface area contributed by atoms with E-state index in [1.807, 2.05) is 30.6 Å². The van der Waals surface area contributed by atoms with Crippen LogP contribution in [-0.2, 0) is 0 Å². The summed E-state index contributed by atoms with van der Waals surface area (Å²) in [5, 5.41) is 13.0. The Hall–Kier alpha value is -1.88. The zero-order valence-corrected chi connectivity index (χ0v) is 13.8. The molecule has 8 heteroatoms. The summed E-state index contributed by atoms with van der Waals surface area (Å²) in [5.41, 5.74) is 6.82. The minimum atomic E-state index is 0.00806. The lowest BCUT2D eigenvalue weighted by atomic mass is 10.2. The van der Waals surface area contributed by atoms with Gasteiger partial charge in [0.05, 0.1) is 20.7 Å². The van der Waals surface area contributed by atoms with Gasteiger partial charge in [-0.15, -0.1) is 11.3 Å². The Morgan fingerprint density at radius 3 is 3.00 bits per heavy atom. The molecule has 0 aliphatic rings. The fraction of sp³-hybridized carbons (Fsp3) is 0.143. The number of anilines is 1. The molecule has 0 aliphatic carbocycles. The van der Waals surface area contributed by atoms with Gasteiger partial charge in [-0.25, -0.2) is 9.97 Å². The van der Waals surface area contributed by atoms with E-state index in [0.29, 0.717) is 5.16 Å². The average molecular weight is 348 g/mol. The summed E-state index contributed by atoms with van der Waals surface area (Å²) in [5.74, 6) is 0.283. The van der Waals surface area contributed by atoms with Crippen LogP contribution in [0.2, 0.25) is 5.02 Å². The van der Waals surface area contributed by atoms with Crippen molar-refractivity contribution >= 4 is 50.6 Å². The van der Waals surface area contributed by atoms with Gasteiger partial charge in [0.2, 0.25) is 0 Å². The van der Waals surface area contributed by atoms with E-state index >= 15 is 0 Å². The van der Waals surface area contributed by atoms with Crippen molar-refractivity contribution < 1.29 is 0 Å². The van der Waals surface area contributed by atoms with Crippen LogP contribution in [-0.4, -0.2) is 15.0 Å². The number of pyridine rings is 1. The number of thiophene rings is 1. The van der Waals surface area contributed by atoms with Crippen molar-refractivity contribution in [3.05, 3.63) is 40.1 Å². The topological polar surface area (TPSA) is 88.5 Å². The van der Waals surface area contributed by atoms with E-state index in [1.54, 1.807) is 11.3 Å². The molecular formula is C14H10ClN5S2. The molecule has 1 unspecified atom stereocenters. The van der Waals surface area contributed by atoms with E-state index < -0.39 is 0 Å². The van der Waals surface area contributed by atoms with Gasteiger partial charge in [-0.2, -0.15) is 5.26 Å². The largest absolute Gasteiger partial charge is 0.384 e. The molecule has 1 atom stereocenters. The molecule has 0 saturated carbocycles. The number of hydrogen-bond acceptors (Lipinski definition) is 7. The Bertz CT molecular complexity index is 887. The van der Waals surface area contributed by atoms with Gasteiger partial charge in [-0.1, -0.05) is 23.4 Å². The number of aromatic nitrogens is 3. The minimum Gasteiger partial charge on any atom is -0.384 e. The quantitative estimate of drug-likeness (QED) is 0.568. The third-order valence-electron chi connectivity index (χ3n) is 2.97. The van der Waals surface area contributed by atoms with Crippen molar-refractivity contribution in [1.82, 2.24) is 15.0 Å². The Morgan fingerprint density at radius 1 is 1.41 bits per heavy atom. The summed E-state index contributed by atoms with van der Waals surface area (Å²) < 4.78 is 1.05. The van der Waals surface area contributed by atoms with Crippen LogP contribution in [0.15, 0.2) is 28.9 Å². The number of halogens is 1. The lowest BCUT2D eigenvalue weighted by Crippen LogP contribution is -1.99. The van der Waals surface area contributed by atoms with Crippen LogP contribution in [0.25, 0.3) is 10.1 Å². The normalized spacial score (nSPS) is 12.2. The molecule has 3 aromatic heterocycles. The first-order valence-corrected chi connectivity index (χ1v) is 8.44. The van der Waals surface area contributed by atoms with Crippen LogP contribution < -0.4 is 5.73 Å². The Kier molecular flexibility index (Phi) is 4.16. The predicted octanol–water partition coefficient (Wildman–Crippen LogP) is 4.05. The molecule has 0 radical (unpaired) electrons. The summed E-state index contributed by atoms with van der Waals surface area (Å²) in [7, 11) is 0. The van der Waals surface area contributed by atoms with Crippen molar-refractivity contribution in [3.8, 4) is 6.07 Å². The van der Waals surface area contributed by atoms with E-state index in [4.69, 9.17) is 22.6 Å². The summed E-state index contributed by atoms with van der Waals surface area (Å²) >= 11 is 9.14. The van der Waals surface area contributed by atoms with Crippen LogP contribution in [0.1, 0.15) is 23.6 Å². The van der Waals surface area contributed by atoms with Crippen molar-refractivity contribution in [2.45, 2.75) is 17.3 Å². The number of nitriles is 1. The molecule has 0 amide bonds. The van der Waals surface area contributed by atoms with Gasteiger partial charge in [0.15, 0.2) is 5.16 Å². The summed E-state index contributed by atoms with van der Waals surface area (Å²) in [6, 6.07) is 5.40. The highest BCUT2D eigenvalue weighted by atomic mass is 35.5. The Labute approximate surface area is 140 Å². The fourth-order valence-electron chi connectivity index (χ4n) is 1.91. The van der Waals surface area contributed by atoms with E-state index in [1.165, 1.54) is 17.8 Å². The molecule has 0 saturated heterocycles. The third-order valence-corrected chi connectivity index (χ3v) is 5.34. The van der Waals surface area contributed by atoms with Crippen molar-refractivity contribution in [2.24, 2.45) is 0 Å². The summed E-state index contributed by atoms with van der Waals surface area (Å²) in [6.07, 6.45) is 1.82. The molecule has 0 fully saturated rings. The summed E-state index contributed by atoms with van der Waals surface area (Å²) in [4.78, 5) is 12.8. The predicted molar refractivity (Wildman–Crippen MR) is 90.1 cm³/mol. The maximum absolute atomic E-state index is 8.93. The molecule has 0 spiro atoms. The van der Waals surface area contributed by atoms with Gasteiger partial charge in [-0.3, -0.25) is 4.98 Å². The number of nitrogens with zero attached hydrogens (tertiary/aromatic N) is 4. The van der Waals surface area contributed by atoms with Gasteiger partial charge in [0.25, 0.3) is 0 Å². The third kappa shape index (κ3) is 2.99. The van der Waals surface area contributed by atoms with Gasteiger partial charge < -0.3 is 5.73 Å². The molecule has 2 N–H and O–H groups in total. The molecule has 0 aromatic carbocycles. The zero-order valence-electron chi connectivity index (χ0n) is 11.4. The molecule has 0 aliphatic heterocycles. The van der Waals surface area contributed by atoms with Gasteiger partial charge in [0, 0.05) is 23.0 Å². The van der Waals surface area contributed by atoms with Crippen LogP contribution >= 0.6 is 34.7 Å². The Morgan fingerprint density at radius 2 is 2.23 bits per heavy atom. The first-order valence-electron chi connectivity index (χ1n) is 6.31. The number of nitrogens with two attached hydrogens (primary N) is 1. The number of fused-ring (bicyclic) bond motifs is 1. The van der Waals surface area contributed by atoms with Crippen molar-refractivity contribution in [1.29, 1.82) is 5.26 Å². The maximum atomic E-state index is 8.93. The number of hydrogen-bond donors (Lipinski definition) is 1. The molecule has 22 heavy (non-hydrogen) atoms. The first kappa shape index (κ1) is 15.0. The molecule has 3 aromatic rings.